The maximum absolute atomic E-state index is 12.2. The number of hydrogen-bond donors (Lipinski definition) is 1. The number of benzene rings is 1. The second kappa shape index (κ2) is 6.92. The second-order valence-electron chi connectivity index (χ2n) is 5.54. The Hall–Kier alpha value is -2.88. The SMILES string of the molecule is Cc1ccc(CNC(=O)c2ccc(Cn3cccc3)cc2)cn1. The summed E-state index contributed by atoms with van der Waals surface area (Å²) in [4.78, 5) is 16.4. The maximum Gasteiger partial charge on any atom is 0.251 e. The summed E-state index contributed by atoms with van der Waals surface area (Å²) in [5, 5.41) is 2.92. The minimum atomic E-state index is -0.0712. The lowest BCUT2D eigenvalue weighted by molar-refractivity contribution is 0.0951. The van der Waals surface area contributed by atoms with E-state index in [1.807, 2.05) is 67.8 Å². The number of hydrogen-bond acceptors (Lipinski definition) is 2. The Bertz CT molecular complexity index is 759. The molecule has 0 unspecified atom stereocenters. The van der Waals surface area contributed by atoms with Crippen LogP contribution in [-0.2, 0) is 13.1 Å². The number of nitrogens with one attached hydrogen (secondary N) is 1. The van der Waals surface area contributed by atoms with Crippen LogP contribution < -0.4 is 5.32 Å². The Morgan fingerprint density at radius 3 is 2.39 bits per heavy atom. The Kier molecular flexibility index (Phi) is 4.52. The van der Waals surface area contributed by atoms with E-state index in [1.54, 1.807) is 6.20 Å². The fraction of sp³-hybridized carbons (Fsp3) is 0.158. The molecule has 0 aliphatic rings. The van der Waals surface area contributed by atoms with Crippen LogP contribution in [0.2, 0.25) is 0 Å². The summed E-state index contributed by atoms with van der Waals surface area (Å²) < 4.78 is 2.10. The largest absolute Gasteiger partial charge is 0.350 e. The molecule has 0 radical (unpaired) electrons. The Morgan fingerprint density at radius 1 is 1.04 bits per heavy atom. The summed E-state index contributed by atoms with van der Waals surface area (Å²) in [5.74, 6) is -0.0712. The van der Waals surface area contributed by atoms with Crippen LogP contribution in [0.5, 0.6) is 0 Å². The van der Waals surface area contributed by atoms with Gasteiger partial charge in [-0.15, -0.1) is 0 Å². The number of carbonyl (C=O) groups is 1. The van der Waals surface area contributed by atoms with Gasteiger partial charge in [0, 0.05) is 42.9 Å². The van der Waals surface area contributed by atoms with E-state index < -0.39 is 0 Å². The van der Waals surface area contributed by atoms with Gasteiger partial charge in [0.25, 0.3) is 5.91 Å². The van der Waals surface area contributed by atoms with E-state index in [1.165, 1.54) is 5.56 Å². The topological polar surface area (TPSA) is 46.9 Å². The highest BCUT2D eigenvalue weighted by molar-refractivity contribution is 5.94. The molecule has 1 aromatic carbocycles. The van der Waals surface area contributed by atoms with E-state index in [0.29, 0.717) is 12.1 Å². The fourth-order valence-corrected chi connectivity index (χ4v) is 2.34. The molecule has 0 saturated heterocycles. The zero-order valence-electron chi connectivity index (χ0n) is 13.1. The van der Waals surface area contributed by atoms with Crippen molar-refractivity contribution in [3.63, 3.8) is 0 Å². The van der Waals surface area contributed by atoms with E-state index in [2.05, 4.69) is 14.9 Å². The Balaban J connectivity index is 1.58. The number of rotatable bonds is 5. The molecular weight excluding hydrogens is 286 g/mol. The highest BCUT2D eigenvalue weighted by Crippen LogP contribution is 2.07. The van der Waals surface area contributed by atoms with Crippen LogP contribution in [0, 0.1) is 6.92 Å². The van der Waals surface area contributed by atoms with Gasteiger partial charge < -0.3 is 9.88 Å². The summed E-state index contributed by atoms with van der Waals surface area (Å²) in [7, 11) is 0. The van der Waals surface area contributed by atoms with Crippen LogP contribution >= 0.6 is 0 Å². The smallest absolute Gasteiger partial charge is 0.251 e. The van der Waals surface area contributed by atoms with Gasteiger partial charge in [-0.3, -0.25) is 9.78 Å². The van der Waals surface area contributed by atoms with Crippen LogP contribution in [0.25, 0.3) is 0 Å². The van der Waals surface area contributed by atoms with E-state index in [4.69, 9.17) is 0 Å². The van der Waals surface area contributed by atoms with Gasteiger partial charge >= 0.3 is 0 Å². The van der Waals surface area contributed by atoms with Gasteiger partial charge in [0.2, 0.25) is 0 Å². The number of amides is 1. The molecule has 0 spiro atoms. The van der Waals surface area contributed by atoms with Crippen molar-refractivity contribution < 1.29 is 4.79 Å². The number of aryl methyl sites for hydroxylation is 1. The molecule has 0 bridgehead atoms. The first-order valence-corrected chi connectivity index (χ1v) is 7.60. The summed E-state index contributed by atoms with van der Waals surface area (Å²) in [6, 6.07) is 15.6. The molecule has 0 atom stereocenters. The molecule has 4 nitrogen and oxygen atoms in total. The highest BCUT2D eigenvalue weighted by atomic mass is 16.1. The third-order valence-electron chi connectivity index (χ3n) is 3.67. The first kappa shape index (κ1) is 15.0. The molecule has 0 fully saturated rings. The minimum absolute atomic E-state index is 0.0712. The predicted molar refractivity (Wildman–Crippen MR) is 90.1 cm³/mol. The average Bonchev–Trinajstić information content (AvgIpc) is 3.08. The number of pyridine rings is 1. The van der Waals surface area contributed by atoms with Gasteiger partial charge in [0.1, 0.15) is 0 Å². The minimum Gasteiger partial charge on any atom is -0.350 e. The molecular formula is C19H19N3O. The monoisotopic (exact) mass is 305 g/mol. The number of carbonyl (C=O) groups excluding carboxylic acids is 1. The van der Waals surface area contributed by atoms with Crippen molar-refractivity contribution in [3.8, 4) is 0 Å². The van der Waals surface area contributed by atoms with Crippen molar-refractivity contribution in [1.82, 2.24) is 14.9 Å². The van der Waals surface area contributed by atoms with Gasteiger partial charge in [0.15, 0.2) is 0 Å². The molecule has 0 saturated carbocycles. The third kappa shape index (κ3) is 4.07. The Labute approximate surface area is 135 Å². The highest BCUT2D eigenvalue weighted by Gasteiger charge is 2.05. The van der Waals surface area contributed by atoms with Gasteiger partial charge in [-0.2, -0.15) is 0 Å². The summed E-state index contributed by atoms with van der Waals surface area (Å²) in [6.07, 6.45) is 5.84. The van der Waals surface area contributed by atoms with Crippen LogP contribution in [0.4, 0.5) is 0 Å². The zero-order valence-corrected chi connectivity index (χ0v) is 13.1. The molecule has 0 aliphatic carbocycles. The standard InChI is InChI=1S/C19H19N3O/c1-15-4-5-17(12-20-15)13-21-19(23)18-8-6-16(7-9-18)14-22-10-2-3-11-22/h2-12H,13-14H2,1H3,(H,21,23). The molecule has 4 heteroatoms. The first-order chi connectivity index (χ1) is 11.2. The van der Waals surface area contributed by atoms with Gasteiger partial charge in [-0.05, 0) is 48.4 Å². The molecule has 1 N–H and O–H groups in total. The van der Waals surface area contributed by atoms with Crippen molar-refractivity contribution >= 4 is 5.91 Å². The van der Waals surface area contributed by atoms with Gasteiger partial charge in [-0.1, -0.05) is 18.2 Å². The molecule has 0 aliphatic heterocycles. The van der Waals surface area contributed by atoms with E-state index in [0.717, 1.165) is 17.8 Å². The molecule has 3 aromatic rings. The lowest BCUT2D eigenvalue weighted by Gasteiger charge is -2.07. The molecule has 3 rings (SSSR count). The van der Waals surface area contributed by atoms with Gasteiger partial charge in [-0.25, -0.2) is 0 Å². The summed E-state index contributed by atoms with van der Waals surface area (Å²) in [5.41, 5.74) is 3.80. The fourth-order valence-electron chi connectivity index (χ4n) is 2.34. The third-order valence-corrected chi connectivity index (χ3v) is 3.67. The van der Waals surface area contributed by atoms with Crippen LogP contribution in [0.1, 0.15) is 27.2 Å². The van der Waals surface area contributed by atoms with Crippen molar-refractivity contribution in [2.24, 2.45) is 0 Å². The van der Waals surface area contributed by atoms with Crippen molar-refractivity contribution in [2.75, 3.05) is 0 Å². The van der Waals surface area contributed by atoms with Crippen LogP contribution in [0.3, 0.4) is 0 Å². The van der Waals surface area contributed by atoms with E-state index in [9.17, 15) is 4.79 Å². The lowest BCUT2D eigenvalue weighted by atomic mass is 10.1. The number of aromatic nitrogens is 2. The van der Waals surface area contributed by atoms with E-state index in [-0.39, 0.29) is 5.91 Å². The van der Waals surface area contributed by atoms with Crippen LogP contribution in [-0.4, -0.2) is 15.5 Å². The van der Waals surface area contributed by atoms with E-state index >= 15 is 0 Å². The van der Waals surface area contributed by atoms with Crippen molar-refractivity contribution in [2.45, 2.75) is 20.0 Å². The second-order valence-corrected chi connectivity index (χ2v) is 5.54. The number of nitrogens with zero attached hydrogens (tertiary/aromatic N) is 2. The molecule has 1 amide bonds. The van der Waals surface area contributed by atoms with Crippen molar-refractivity contribution in [3.05, 3.63) is 89.5 Å². The Morgan fingerprint density at radius 2 is 1.74 bits per heavy atom. The molecule has 2 aromatic heterocycles. The first-order valence-electron chi connectivity index (χ1n) is 7.60. The molecule has 2 heterocycles. The van der Waals surface area contributed by atoms with Crippen LogP contribution in [0.15, 0.2) is 67.1 Å². The maximum atomic E-state index is 12.2. The normalized spacial score (nSPS) is 10.5. The van der Waals surface area contributed by atoms with Crippen molar-refractivity contribution in [1.29, 1.82) is 0 Å². The lowest BCUT2D eigenvalue weighted by Crippen LogP contribution is -2.22. The molecule has 116 valence electrons. The average molecular weight is 305 g/mol. The quantitative estimate of drug-likeness (QED) is 0.787. The predicted octanol–water partition coefficient (Wildman–Crippen LogP) is 3.17. The van der Waals surface area contributed by atoms with Gasteiger partial charge in [0.05, 0.1) is 0 Å². The summed E-state index contributed by atoms with van der Waals surface area (Å²) >= 11 is 0. The molecule has 23 heavy (non-hydrogen) atoms. The summed E-state index contributed by atoms with van der Waals surface area (Å²) in [6.45, 7) is 3.23. The zero-order chi connectivity index (χ0) is 16.1.